The summed E-state index contributed by atoms with van der Waals surface area (Å²) in [6.45, 7) is 7.14. The van der Waals surface area contributed by atoms with Crippen LogP contribution in [0.4, 0.5) is 0 Å². The van der Waals surface area contributed by atoms with Gasteiger partial charge in [-0.15, -0.1) is 10.2 Å². The summed E-state index contributed by atoms with van der Waals surface area (Å²) in [5, 5.41) is 19.5. The van der Waals surface area contributed by atoms with E-state index in [9.17, 15) is 4.79 Å². The fourth-order valence-corrected chi connectivity index (χ4v) is 3.97. The Hall–Kier alpha value is -2.75. The van der Waals surface area contributed by atoms with E-state index in [0.29, 0.717) is 24.7 Å². The van der Waals surface area contributed by atoms with Crippen molar-refractivity contribution in [1.82, 2.24) is 34.5 Å². The van der Waals surface area contributed by atoms with Crippen LogP contribution < -0.4 is 5.32 Å². The zero-order valence-electron chi connectivity index (χ0n) is 16.8. The van der Waals surface area contributed by atoms with Crippen LogP contribution in [0.5, 0.6) is 0 Å². The third kappa shape index (κ3) is 4.16. The first-order valence-electron chi connectivity index (χ1n) is 10.1. The van der Waals surface area contributed by atoms with Gasteiger partial charge in [-0.05, 0) is 19.8 Å². The van der Waals surface area contributed by atoms with Crippen LogP contribution >= 0.6 is 0 Å². The van der Waals surface area contributed by atoms with Crippen molar-refractivity contribution in [2.75, 3.05) is 19.6 Å². The zero-order chi connectivity index (χ0) is 20.5. The van der Waals surface area contributed by atoms with Crippen LogP contribution in [-0.4, -0.2) is 65.8 Å². The van der Waals surface area contributed by atoms with Crippen molar-refractivity contribution in [3.05, 3.63) is 29.4 Å². The van der Waals surface area contributed by atoms with Gasteiger partial charge in [0.25, 0.3) is 11.9 Å². The van der Waals surface area contributed by atoms with Gasteiger partial charge in [0.1, 0.15) is 17.3 Å². The van der Waals surface area contributed by atoms with E-state index in [-0.39, 0.29) is 11.9 Å². The number of rotatable bonds is 2. The SMILES string of the molecule is CC(=O)O.C[C@H]1CN(C(=O)c2cn3c(n2)CCNCC3)Cc2nnc(C3CC3)n21. The minimum atomic E-state index is -0.833. The Morgan fingerprint density at radius 1 is 1.21 bits per heavy atom. The molecule has 2 aromatic rings. The van der Waals surface area contributed by atoms with Crippen LogP contribution in [0.1, 0.15) is 66.6 Å². The normalized spacial score (nSPS) is 20.8. The molecular formula is C19H27N7O3. The fourth-order valence-electron chi connectivity index (χ4n) is 3.97. The molecule has 0 bridgehead atoms. The Morgan fingerprint density at radius 2 is 1.97 bits per heavy atom. The average molecular weight is 401 g/mol. The van der Waals surface area contributed by atoms with Crippen LogP contribution in [0.2, 0.25) is 0 Å². The topological polar surface area (TPSA) is 118 Å². The largest absolute Gasteiger partial charge is 0.481 e. The van der Waals surface area contributed by atoms with Gasteiger partial charge in [0.15, 0.2) is 5.82 Å². The van der Waals surface area contributed by atoms with Gasteiger partial charge in [-0.3, -0.25) is 9.59 Å². The average Bonchev–Trinajstić information content (AvgIpc) is 3.36. The minimum absolute atomic E-state index is 0.00241. The predicted molar refractivity (Wildman–Crippen MR) is 104 cm³/mol. The molecule has 0 unspecified atom stereocenters. The Bertz CT molecular complexity index is 888. The van der Waals surface area contributed by atoms with Crippen molar-refractivity contribution in [2.45, 2.75) is 58.2 Å². The van der Waals surface area contributed by atoms with Crippen LogP contribution in [0, 0.1) is 0 Å². The molecule has 1 saturated carbocycles. The predicted octanol–water partition coefficient (Wildman–Crippen LogP) is 0.806. The maximum absolute atomic E-state index is 13.0. The number of carboxylic acids is 1. The number of carbonyl (C=O) groups excluding carboxylic acids is 1. The molecule has 1 amide bonds. The number of hydrogen-bond acceptors (Lipinski definition) is 6. The summed E-state index contributed by atoms with van der Waals surface area (Å²) in [6.07, 6.45) is 5.19. The number of fused-ring (bicyclic) bond motifs is 2. The van der Waals surface area contributed by atoms with E-state index in [1.54, 1.807) is 0 Å². The molecule has 0 radical (unpaired) electrons. The van der Waals surface area contributed by atoms with E-state index in [0.717, 1.165) is 50.5 Å². The van der Waals surface area contributed by atoms with E-state index in [1.165, 1.54) is 12.8 Å². The monoisotopic (exact) mass is 401 g/mol. The maximum atomic E-state index is 13.0. The molecule has 3 aliphatic rings. The number of carboxylic acid groups (broad SMARTS) is 1. The molecule has 0 aromatic carbocycles. The van der Waals surface area contributed by atoms with Crippen molar-refractivity contribution < 1.29 is 14.7 Å². The van der Waals surface area contributed by atoms with Crippen LogP contribution in [0.15, 0.2) is 6.20 Å². The lowest BCUT2D eigenvalue weighted by atomic mass is 10.2. The molecule has 2 aromatic heterocycles. The second-order valence-corrected chi connectivity index (χ2v) is 7.91. The molecular weight excluding hydrogens is 374 g/mol. The molecule has 1 fully saturated rings. The fraction of sp³-hybridized carbons (Fsp3) is 0.632. The Labute approximate surface area is 168 Å². The van der Waals surface area contributed by atoms with Gasteiger partial charge >= 0.3 is 0 Å². The van der Waals surface area contributed by atoms with E-state index in [1.807, 2.05) is 11.1 Å². The van der Waals surface area contributed by atoms with Gasteiger partial charge in [0, 0.05) is 51.6 Å². The van der Waals surface area contributed by atoms with E-state index < -0.39 is 5.97 Å². The van der Waals surface area contributed by atoms with Crippen molar-refractivity contribution >= 4 is 11.9 Å². The van der Waals surface area contributed by atoms with Gasteiger partial charge in [0.2, 0.25) is 0 Å². The second kappa shape index (κ2) is 7.94. The highest BCUT2D eigenvalue weighted by Crippen LogP contribution is 2.41. The Kier molecular flexibility index (Phi) is 5.35. The van der Waals surface area contributed by atoms with E-state index >= 15 is 0 Å². The zero-order valence-corrected chi connectivity index (χ0v) is 16.8. The summed E-state index contributed by atoms with van der Waals surface area (Å²) in [4.78, 5) is 28.5. The first-order valence-corrected chi connectivity index (χ1v) is 10.1. The highest BCUT2D eigenvalue weighted by Gasteiger charge is 2.36. The summed E-state index contributed by atoms with van der Waals surface area (Å²) < 4.78 is 4.35. The standard InChI is InChI=1S/C17H23N7O.C2H4O2/c1-11-8-23(10-15-20-21-16(24(11)15)12-2-3-12)17(25)13-9-22-7-6-18-5-4-14(22)19-13;1-2(3)4/h9,11-12,18H,2-8,10H2,1H3;1H3,(H,3,4)/t11-;/m0./s1. The number of hydrogen-bond donors (Lipinski definition) is 2. The number of imidazole rings is 1. The molecule has 4 heterocycles. The number of aliphatic carboxylic acids is 1. The molecule has 1 atom stereocenters. The lowest BCUT2D eigenvalue weighted by Gasteiger charge is -2.32. The van der Waals surface area contributed by atoms with Gasteiger partial charge in [-0.2, -0.15) is 0 Å². The molecule has 29 heavy (non-hydrogen) atoms. The van der Waals surface area contributed by atoms with Crippen LogP contribution in [0.25, 0.3) is 0 Å². The third-order valence-electron chi connectivity index (χ3n) is 5.41. The summed E-state index contributed by atoms with van der Waals surface area (Å²) in [5.74, 6) is 2.75. The smallest absolute Gasteiger partial charge is 0.300 e. The molecule has 10 heteroatoms. The van der Waals surface area contributed by atoms with Crippen LogP contribution in [0.3, 0.4) is 0 Å². The summed E-state index contributed by atoms with van der Waals surface area (Å²) in [7, 11) is 0. The van der Waals surface area contributed by atoms with E-state index in [4.69, 9.17) is 9.90 Å². The number of carbonyl (C=O) groups is 2. The highest BCUT2D eigenvalue weighted by molar-refractivity contribution is 5.92. The molecule has 1 aliphatic carbocycles. The third-order valence-corrected chi connectivity index (χ3v) is 5.41. The molecule has 156 valence electrons. The summed E-state index contributed by atoms with van der Waals surface area (Å²) in [5.41, 5.74) is 0.555. The Balaban J connectivity index is 0.000000472. The van der Waals surface area contributed by atoms with Crippen molar-refractivity contribution in [2.24, 2.45) is 0 Å². The van der Waals surface area contributed by atoms with E-state index in [2.05, 4.69) is 36.6 Å². The minimum Gasteiger partial charge on any atom is -0.481 e. The number of aromatic nitrogens is 5. The quantitative estimate of drug-likeness (QED) is 0.764. The molecule has 0 spiro atoms. The number of nitrogens with one attached hydrogen (secondary N) is 1. The lowest BCUT2D eigenvalue weighted by Crippen LogP contribution is -2.41. The van der Waals surface area contributed by atoms with Gasteiger partial charge in [-0.1, -0.05) is 0 Å². The number of nitrogens with zero attached hydrogens (tertiary/aromatic N) is 6. The highest BCUT2D eigenvalue weighted by atomic mass is 16.4. The summed E-state index contributed by atoms with van der Waals surface area (Å²) >= 11 is 0. The molecule has 5 rings (SSSR count). The van der Waals surface area contributed by atoms with Gasteiger partial charge in [-0.25, -0.2) is 4.98 Å². The van der Waals surface area contributed by atoms with Gasteiger partial charge < -0.3 is 24.5 Å². The molecule has 2 N–H and O–H groups in total. The first-order chi connectivity index (χ1) is 13.9. The maximum Gasteiger partial charge on any atom is 0.300 e. The van der Waals surface area contributed by atoms with Crippen molar-refractivity contribution in [3.63, 3.8) is 0 Å². The lowest BCUT2D eigenvalue weighted by molar-refractivity contribution is -0.134. The summed E-state index contributed by atoms with van der Waals surface area (Å²) in [6, 6.07) is 0.211. The molecule has 0 saturated heterocycles. The number of amides is 1. The molecule has 2 aliphatic heterocycles. The first kappa shape index (κ1) is 19.6. The Morgan fingerprint density at radius 3 is 2.69 bits per heavy atom. The van der Waals surface area contributed by atoms with Crippen molar-refractivity contribution in [1.29, 1.82) is 0 Å². The molecule has 10 nitrogen and oxygen atoms in total. The van der Waals surface area contributed by atoms with Gasteiger partial charge in [0.05, 0.1) is 12.6 Å². The second-order valence-electron chi connectivity index (χ2n) is 7.91. The van der Waals surface area contributed by atoms with Crippen LogP contribution in [-0.2, 0) is 24.3 Å². The van der Waals surface area contributed by atoms with Crippen molar-refractivity contribution in [3.8, 4) is 0 Å².